The zero-order valence-electron chi connectivity index (χ0n) is 12.3. The molecule has 1 saturated heterocycles. The molecule has 3 aliphatic rings. The molecule has 6 nitrogen and oxygen atoms in total. The number of rotatable bonds is 2. The van der Waals surface area contributed by atoms with Crippen molar-refractivity contribution in [3.8, 4) is 0 Å². The summed E-state index contributed by atoms with van der Waals surface area (Å²) in [6.45, 7) is 2.04. The molecular weight excluding hydrogens is 282 g/mol. The number of para-hydroxylation sites is 1. The molecule has 0 atom stereocenters. The largest absolute Gasteiger partial charge is 0.389 e. The molecule has 2 heterocycles. The van der Waals surface area contributed by atoms with Crippen LogP contribution in [-0.2, 0) is 9.63 Å². The molecule has 6 heteroatoms. The standard InChI is InChI=1S/C16H17N3O3/c1-2-11-8-15(22-18-11)9-16(10-15)13(20)19(14(21)17-16)12-6-4-3-5-7-12/h3-7H,2,8-10H2,1H3,(H,17,21). The molecule has 2 aliphatic heterocycles. The van der Waals surface area contributed by atoms with Gasteiger partial charge in [-0.2, -0.15) is 0 Å². The third-order valence-electron chi connectivity index (χ3n) is 4.73. The van der Waals surface area contributed by atoms with Gasteiger partial charge in [0.25, 0.3) is 5.91 Å². The lowest BCUT2D eigenvalue weighted by Gasteiger charge is -2.48. The molecule has 4 rings (SSSR count). The molecule has 3 amide bonds. The van der Waals surface area contributed by atoms with Gasteiger partial charge < -0.3 is 10.2 Å². The van der Waals surface area contributed by atoms with Crippen LogP contribution in [0.3, 0.4) is 0 Å². The average molecular weight is 299 g/mol. The highest BCUT2D eigenvalue weighted by Gasteiger charge is 2.68. The van der Waals surface area contributed by atoms with E-state index in [-0.39, 0.29) is 11.9 Å². The highest BCUT2D eigenvalue weighted by atomic mass is 16.7. The summed E-state index contributed by atoms with van der Waals surface area (Å²) >= 11 is 0. The summed E-state index contributed by atoms with van der Waals surface area (Å²) < 4.78 is 0. The lowest BCUT2D eigenvalue weighted by atomic mass is 9.63. The van der Waals surface area contributed by atoms with Gasteiger partial charge >= 0.3 is 6.03 Å². The first-order chi connectivity index (χ1) is 10.6. The molecule has 2 fully saturated rings. The van der Waals surface area contributed by atoms with Gasteiger partial charge in [0.2, 0.25) is 0 Å². The van der Waals surface area contributed by atoms with Gasteiger partial charge in [-0.25, -0.2) is 9.69 Å². The number of imide groups is 1. The topological polar surface area (TPSA) is 71.0 Å². The van der Waals surface area contributed by atoms with Gasteiger partial charge in [-0.3, -0.25) is 4.79 Å². The number of hydrogen-bond donors (Lipinski definition) is 1. The zero-order chi connectivity index (χ0) is 15.4. The molecule has 0 unspecified atom stereocenters. The summed E-state index contributed by atoms with van der Waals surface area (Å²) in [6, 6.07) is 8.63. The molecule has 114 valence electrons. The molecule has 0 radical (unpaired) electrons. The molecule has 1 saturated carbocycles. The minimum atomic E-state index is -0.828. The molecule has 1 N–H and O–H groups in total. The predicted molar refractivity (Wildman–Crippen MR) is 80.6 cm³/mol. The van der Waals surface area contributed by atoms with Gasteiger partial charge in [0.1, 0.15) is 11.1 Å². The Labute approximate surface area is 128 Å². The molecule has 22 heavy (non-hydrogen) atoms. The van der Waals surface area contributed by atoms with Crippen molar-refractivity contribution in [1.29, 1.82) is 0 Å². The van der Waals surface area contributed by atoms with Gasteiger partial charge in [0.05, 0.1) is 11.4 Å². The van der Waals surface area contributed by atoms with E-state index in [2.05, 4.69) is 10.5 Å². The van der Waals surface area contributed by atoms with Crippen LogP contribution in [-0.4, -0.2) is 28.8 Å². The second kappa shape index (κ2) is 4.32. The highest BCUT2D eigenvalue weighted by Crippen LogP contribution is 2.52. The Bertz CT molecular complexity index is 677. The van der Waals surface area contributed by atoms with Crippen molar-refractivity contribution in [3.63, 3.8) is 0 Å². The Morgan fingerprint density at radius 1 is 1.27 bits per heavy atom. The Balaban J connectivity index is 1.55. The summed E-state index contributed by atoms with van der Waals surface area (Å²) in [4.78, 5) is 31.8. The smallest absolute Gasteiger partial charge is 0.329 e. The first-order valence-electron chi connectivity index (χ1n) is 7.53. The van der Waals surface area contributed by atoms with Crippen LogP contribution < -0.4 is 10.2 Å². The van der Waals surface area contributed by atoms with Crippen LogP contribution >= 0.6 is 0 Å². The van der Waals surface area contributed by atoms with E-state index in [1.165, 1.54) is 4.90 Å². The Kier molecular flexibility index (Phi) is 2.61. The van der Waals surface area contributed by atoms with E-state index in [0.717, 1.165) is 18.6 Å². The summed E-state index contributed by atoms with van der Waals surface area (Å²) in [7, 11) is 0. The van der Waals surface area contributed by atoms with Crippen molar-refractivity contribution < 1.29 is 14.4 Å². The van der Waals surface area contributed by atoms with E-state index in [1.54, 1.807) is 12.1 Å². The lowest BCUT2D eigenvalue weighted by Crippen LogP contribution is -2.65. The molecule has 0 bridgehead atoms. The summed E-state index contributed by atoms with van der Waals surface area (Å²) in [5.74, 6) is -0.192. The summed E-state index contributed by atoms with van der Waals surface area (Å²) in [5, 5.41) is 6.94. The van der Waals surface area contributed by atoms with Crippen molar-refractivity contribution in [3.05, 3.63) is 30.3 Å². The predicted octanol–water partition coefficient (Wildman–Crippen LogP) is 2.20. The maximum Gasteiger partial charge on any atom is 0.329 e. The number of oxime groups is 1. The number of anilines is 1. The lowest BCUT2D eigenvalue weighted by molar-refractivity contribution is -0.150. The molecule has 0 aromatic heterocycles. The van der Waals surface area contributed by atoms with Crippen molar-refractivity contribution in [2.24, 2.45) is 5.16 Å². The molecular formula is C16H17N3O3. The fraction of sp³-hybridized carbons (Fsp3) is 0.438. The van der Waals surface area contributed by atoms with Crippen LogP contribution in [0.25, 0.3) is 0 Å². The second-order valence-corrected chi connectivity index (χ2v) is 6.30. The molecule has 1 aliphatic carbocycles. The monoisotopic (exact) mass is 299 g/mol. The van der Waals surface area contributed by atoms with E-state index in [4.69, 9.17) is 4.84 Å². The van der Waals surface area contributed by atoms with Gasteiger partial charge in [0.15, 0.2) is 0 Å². The normalized spacial score (nSPS) is 33.0. The molecule has 1 aromatic carbocycles. The zero-order valence-corrected chi connectivity index (χ0v) is 12.3. The highest BCUT2D eigenvalue weighted by molar-refractivity contribution is 6.24. The van der Waals surface area contributed by atoms with Crippen molar-refractivity contribution in [1.82, 2.24) is 5.32 Å². The Morgan fingerprint density at radius 2 is 2.00 bits per heavy atom. The van der Waals surface area contributed by atoms with Crippen LogP contribution in [0, 0.1) is 0 Å². The van der Waals surface area contributed by atoms with Crippen LogP contribution in [0.4, 0.5) is 10.5 Å². The van der Waals surface area contributed by atoms with Crippen molar-refractivity contribution >= 4 is 23.3 Å². The number of carbonyl (C=O) groups is 2. The Hall–Kier alpha value is -2.37. The Morgan fingerprint density at radius 3 is 2.64 bits per heavy atom. The van der Waals surface area contributed by atoms with E-state index >= 15 is 0 Å². The van der Waals surface area contributed by atoms with E-state index in [0.29, 0.717) is 18.5 Å². The van der Waals surface area contributed by atoms with Gasteiger partial charge in [-0.1, -0.05) is 30.3 Å². The first kappa shape index (κ1) is 13.3. The number of nitrogens with zero attached hydrogens (tertiary/aromatic N) is 2. The number of nitrogens with one attached hydrogen (secondary N) is 1. The summed E-state index contributed by atoms with van der Waals surface area (Å²) in [5.41, 5.74) is 0.388. The molecule has 1 aromatic rings. The maximum atomic E-state index is 12.8. The minimum Gasteiger partial charge on any atom is -0.389 e. The first-order valence-corrected chi connectivity index (χ1v) is 7.53. The van der Waals surface area contributed by atoms with Gasteiger partial charge in [-0.05, 0) is 18.6 Å². The molecule has 2 spiro atoms. The number of urea groups is 1. The van der Waals surface area contributed by atoms with Gasteiger partial charge in [0, 0.05) is 19.3 Å². The van der Waals surface area contributed by atoms with Gasteiger partial charge in [-0.15, -0.1) is 0 Å². The van der Waals surface area contributed by atoms with E-state index in [9.17, 15) is 9.59 Å². The average Bonchev–Trinajstić information content (AvgIpc) is 3.01. The fourth-order valence-corrected chi connectivity index (χ4v) is 3.70. The summed E-state index contributed by atoms with van der Waals surface area (Å²) in [6.07, 6.45) is 2.58. The minimum absolute atomic E-state index is 0.192. The van der Waals surface area contributed by atoms with Crippen LogP contribution in [0.1, 0.15) is 32.6 Å². The maximum absolute atomic E-state index is 12.8. The van der Waals surface area contributed by atoms with Crippen LogP contribution in [0.2, 0.25) is 0 Å². The number of carbonyl (C=O) groups excluding carboxylic acids is 2. The third-order valence-corrected chi connectivity index (χ3v) is 4.73. The van der Waals surface area contributed by atoms with Crippen LogP contribution in [0.15, 0.2) is 35.5 Å². The van der Waals surface area contributed by atoms with E-state index < -0.39 is 11.1 Å². The fourth-order valence-electron chi connectivity index (χ4n) is 3.70. The van der Waals surface area contributed by atoms with Crippen molar-refractivity contribution in [2.75, 3.05) is 4.90 Å². The number of hydrogen-bond acceptors (Lipinski definition) is 4. The van der Waals surface area contributed by atoms with Crippen LogP contribution in [0.5, 0.6) is 0 Å². The van der Waals surface area contributed by atoms with E-state index in [1.807, 2.05) is 25.1 Å². The van der Waals surface area contributed by atoms with Crippen molar-refractivity contribution in [2.45, 2.75) is 43.7 Å². The quantitative estimate of drug-likeness (QED) is 0.851. The second-order valence-electron chi connectivity index (χ2n) is 6.30. The number of amides is 3. The third kappa shape index (κ3) is 1.70. The SMILES string of the molecule is CCC1=NOC2(C1)CC1(C2)NC(=O)N(c2ccccc2)C1=O. The number of benzene rings is 1.